The second kappa shape index (κ2) is 7.47. The lowest BCUT2D eigenvalue weighted by Gasteiger charge is -2.08. The van der Waals surface area contributed by atoms with Gasteiger partial charge in [-0.15, -0.1) is 0 Å². The Labute approximate surface area is 141 Å². The van der Waals surface area contributed by atoms with Gasteiger partial charge in [0, 0.05) is 16.6 Å². The lowest BCUT2D eigenvalue weighted by molar-refractivity contribution is 0.581. The van der Waals surface area contributed by atoms with Crippen LogP contribution in [0.15, 0.2) is 47.4 Å². The molecule has 0 aliphatic rings. The molecule has 2 rings (SSSR count). The third-order valence-electron chi connectivity index (χ3n) is 3.16. The van der Waals surface area contributed by atoms with Gasteiger partial charge in [0.15, 0.2) is 0 Å². The van der Waals surface area contributed by atoms with E-state index in [0.717, 1.165) is 18.4 Å². The first kappa shape index (κ1) is 17.3. The van der Waals surface area contributed by atoms with Gasteiger partial charge in [-0.3, -0.25) is 0 Å². The summed E-state index contributed by atoms with van der Waals surface area (Å²) in [4.78, 5) is 0.250. The van der Waals surface area contributed by atoms with Gasteiger partial charge in [0.1, 0.15) is 0 Å². The van der Waals surface area contributed by atoms with Crippen LogP contribution in [0.2, 0.25) is 10.0 Å². The Bertz CT molecular complexity index is 723. The highest BCUT2D eigenvalue weighted by Crippen LogP contribution is 2.19. The van der Waals surface area contributed by atoms with E-state index in [-0.39, 0.29) is 11.4 Å². The first-order chi connectivity index (χ1) is 10.4. The highest BCUT2D eigenvalue weighted by atomic mass is 35.5. The number of sulfonamides is 1. The fourth-order valence-electron chi connectivity index (χ4n) is 2.10. The Balaban J connectivity index is 2.10. The van der Waals surface area contributed by atoms with Crippen molar-refractivity contribution < 1.29 is 8.42 Å². The molecular weight excluding hydrogens is 341 g/mol. The maximum atomic E-state index is 12.3. The van der Waals surface area contributed by atoms with E-state index in [4.69, 9.17) is 23.2 Å². The number of aryl methyl sites for hydroxylation is 1. The predicted molar refractivity (Wildman–Crippen MR) is 90.9 cm³/mol. The molecule has 0 spiro atoms. The molecule has 118 valence electrons. The van der Waals surface area contributed by atoms with Crippen LogP contribution in [-0.4, -0.2) is 8.42 Å². The van der Waals surface area contributed by atoms with Crippen molar-refractivity contribution in [1.29, 1.82) is 0 Å². The molecule has 0 heterocycles. The van der Waals surface area contributed by atoms with Gasteiger partial charge in [-0.2, -0.15) is 0 Å². The van der Waals surface area contributed by atoms with Crippen LogP contribution in [0.4, 0.5) is 0 Å². The molecule has 0 unspecified atom stereocenters. The molecule has 2 aromatic carbocycles. The van der Waals surface area contributed by atoms with Gasteiger partial charge in [0.05, 0.1) is 4.90 Å². The number of hydrogen-bond donors (Lipinski definition) is 1. The van der Waals surface area contributed by atoms with Gasteiger partial charge >= 0.3 is 0 Å². The van der Waals surface area contributed by atoms with Crippen molar-refractivity contribution in [1.82, 2.24) is 4.72 Å². The van der Waals surface area contributed by atoms with E-state index in [1.54, 1.807) is 30.3 Å². The van der Waals surface area contributed by atoms with Crippen LogP contribution in [0.25, 0.3) is 0 Å². The van der Waals surface area contributed by atoms with Gasteiger partial charge in [0.2, 0.25) is 10.0 Å². The van der Waals surface area contributed by atoms with E-state index in [2.05, 4.69) is 11.6 Å². The molecule has 0 amide bonds. The molecule has 0 radical (unpaired) electrons. The van der Waals surface area contributed by atoms with Crippen molar-refractivity contribution in [3.63, 3.8) is 0 Å². The Morgan fingerprint density at radius 3 is 2.09 bits per heavy atom. The molecular formula is C16H17Cl2NO2S. The van der Waals surface area contributed by atoms with Crippen molar-refractivity contribution in [3.8, 4) is 0 Å². The minimum Gasteiger partial charge on any atom is -0.207 e. The Morgan fingerprint density at radius 1 is 0.955 bits per heavy atom. The van der Waals surface area contributed by atoms with Crippen molar-refractivity contribution in [2.24, 2.45) is 0 Å². The van der Waals surface area contributed by atoms with Crippen molar-refractivity contribution in [2.75, 3.05) is 0 Å². The van der Waals surface area contributed by atoms with Crippen LogP contribution in [-0.2, 0) is 23.0 Å². The monoisotopic (exact) mass is 357 g/mol. The second-order valence-corrected chi connectivity index (χ2v) is 7.64. The summed E-state index contributed by atoms with van der Waals surface area (Å²) in [7, 11) is -3.55. The quantitative estimate of drug-likeness (QED) is 0.831. The first-order valence-corrected chi connectivity index (χ1v) is 9.18. The second-order valence-electron chi connectivity index (χ2n) is 5.00. The van der Waals surface area contributed by atoms with Crippen molar-refractivity contribution in [3.05, 3.63) is 63.6 Å². The average molecular weight is 358 g/mol. The minimum absolute atomic E-state index is 0.138. The van der Waals surface area contributed by atoms with Gasteiger partial charge in [-0.1, -0.05) is 48.7 Å². The Kier molecular flexibility index (Phi) is 5.87. The van der Waals surface area contributed by atoms with Crippen LogP contribution in [0.1, 0.15) is 24.5 Å². The molecule has 0 saturated carbocycles. The molecule has 0 aromatic heterocycles. The summed E-state index contributed by atoms with van der Waals surface area (Å²) >= 11 is 11.8. The number of nitrogens with one attached hydrogen (secondary N) is 1. The van der Waals surface area contributed by atoms with E-state index in [1.165, 1.54) is 0 Å². The number of rotatable bonds is 6. The normalized spacial score (nSPS) is 11.6. The predicted octanol–water partition coefficient (Wildman–Crippen LogP) is 4.42. The molecule has 1 N–H and O–H groups in total. The standard InChI is InChI=1S/C16H17Cl2NO2S/c1-2-3-12-4-6-16(7-5-12)22(20,21)19-11-13-8-14(17)10-15(18)9-13/h4-10,19H,2-3,11H2,1H3. The highest BCUT2D eigenvalue weighted by molar-refractivity contribution is 7.89. The maximum absolute atomic E-state index is 12.3. The van der Waals surface area contributed by atoms with E-state index in [0.29, 0.717) is 15.6 Å². The summed E-state index contributed by atoms with van der Waals surface area (Å²) in [5, 5.41) is 0.955. The van der Waals surface area contributed by atoms with Crippen LogP contribution >= 0.6 is 23.2 Å². The topological polar surface area (TPSA) is 46.2 Å². The Morgan fingerprint density at radius 2 is 1.55 bits per heavy atom. The molecule has 0 fully saturated rings. The third-order valence-corrected chi connectivity index (χ3v) is 5.01. The fourth-order valence-corrected chi connectivity index (χ4v) is 3.69. The van der Waals surface area contributed by atoms with Crippen LogP contribution in [0.5, 0.6) is 0 Å². The third kappa shape index (κ3) is 4.71. The number of halogens is 2. The molecule has 22 heavy (non-hydrogen) atoms. The number of benzene rings is 2. The molecule has 0 atom stereocenters. The summed E-state index contributed by atoms with van der Waals surface area (Å²) in [6.07, 6.45) is 1.97. The highest BCUT2D eigenvalue weighted by Gasteiger charge is 2.13. The summed E-state index contributed by atoms with van der Waals surface area (Å²) in [5.41, 5.74) is 1.84. The van der Waals surface area contributed by atoms with E-state index in [9.17, 15) is 8.42 Å². The molecule has 0 bridgehead atoms. The molecule has 0 saturated heterocycles. The van der Waals surface area contributed by atoms with E-state index in [1.807, 2.05) is 12.1 Å². The zero-order chi connectivity index (χ0) is 16.2. The summed E-state index contributed by atoms with van der Waals surface area (Å²) in [6.45, 7) is 2.22. The zero-order valence-corrected chi connectivity index (χ0v) is 14.5. The lowest BCUT2D eigenvalue weighted by atomic mass is 10.1. The average Bonchev–Trinajstić information content (AvgIpc) is 2.45. The van der Waals surface area contributed by atoms with E-state index < -0.39 is 10.0 Å². The maximum Gasteiger partial charge on any atom is 0.240 e. The largest absolute Gasteiger partial charge is 0.240 e. The van der Waals surface area contributed by atoms with Gasteiger partial charge < -0.3 is 0 Å². The molecule has 6 heteroatoms. The van der Waals surface area contributed by atoms with E-state index >= 15 is 0 Å². The van der Waals surface area contributed by atoms with Crippen LogP contribution in [0.3, 0.4) is 0 Å². The van der Waals surface area contributed by atoms with Crippen molar-refractivity contribution >= 4 is 33.2 Å². The minimum atomic E-state index is -3.55. The molecule has 3 nitrogen and oxygen atoms in total. The summed E-state index contributed by atoms with van der Waals surface area (Å²) in [5.74, 6) is 0. The molecule has 2 aromatic rings. The van der Waals surface area contributed by atoms with Gasteiger partial charge in [0.25, 0.3) is 0 Å². The number of hydrogen-bond acceptors (Lipinski definition) is 2. The zero-order valence-electron chi connectivity index (χ0n) is 12.1. The molecule has 0 aliphatic carbocycles. The molecule has 0 aliphatic heterocycles. The lowest BCUT2D eigenvalue weighted by Crippen LogP contribution is -2.23. The van der Waals surface area contributed by atoms with Crippen LogP contribution in [0, 0.1) is 0 Å². The smallest absolute Gasteiger partial charge is 0.207 e. The van der Waals surface area contributed by atoms with Gasteiger partial charge in [-0.25, -0.2) is 13.1 Å². The SMILES string of the molecule is CCCc1ccc(S(=O)(=O)NCc2cc(Cl)cc(Cl)c2)cc1. The summed E-state index contributed by atoms with van der Waals surface area (Å²) in [6, 6.07) is 11.9. The van der Waals surface area contributed by atoms with Crippen LogP contribution < -0.4 is 4.72 Å². The first-order valence-electron chi connectivity index (χ1n) is 6.94. The fraction of sp³-hybridized carbons (Fsp3) is 0.250. The Hall–Kier alpha value is -1.07. The van der Waals surface area contributed by atoms with Gasteiger partial charge in [-0.05, 0) is 47.9 Å². The summed E-state index contributed by atoms with van der Waals surface area (Å²) < 4.78 is 27.1. The van der Waals surface area contributed by atoms with Crippen molar-refractivity contribution in [2.45, 2.75) is 31.2 Å².